The lowest BCUT2D eigenvalue weighted by atomic mass is 9.92. The predicted molar refractivity (Wildman–Crippen MR) is 246 cm³/mol. The first-order valence-electron chi connectivity index (χ1n) is 19.3. The number of aromatic nitrogens is 4. The zero-order valence-electron chi connectivity index (χ0n) is 30.9. The van der Waals surface area contributed by atoms with E-state index >= 15 is 0 Å². The third-order valence-corrected chi connectivity index (χ3v) is 13.6. The highest BCUT2D eigenvalue weighted by molar-refractivity contribution is 7.27. The standard InChI is InChI=1S/C52H30N4S2/c1-2-13-32(14-3-1)50-54-51(56-52(55-50)43-22-12-21-40-37-17-8-10-23-44(37)57-48(40)43)33-27-25-31(26-28-33)34-29-30-39(36-16-5-4-15-35(34)36)46-38-18-6-7-19-41(38)49-47(53-46)42-20-9-11-24-45(42)58-49/h1-30H. The Labute approximate surface area is 341 Å². The molecule has 6 heteroatoms. The fourth-order valence-corrected chi connectivity index (χ4v) is 10.8. The van der Waals surface area contributed by atoms with Crippen LogP contribution < -0.4 is 0 Å². The van der Waals surface area contributed by atoms with E-state index in [0.29, 0.717) is 17.5 Å². The summed E-state index contributed by atoms with van der Waals surface area (Å²) in [5.41, 5.74) is 8.38. The largest absolute Gasteiger partial charge is 0.246 e. The molecule has 58 heavy (non-hydrogen) atoms. The molecule has 12 rings (SSSR count). The summed E-state index contributed by atoms with van der Waals surface area (Å²) in [7, 11) is 0. The highest BCUT2D eigenvalue weighted by Gasteiger charge is 2.19. The topological polar surface area (TPSA) is 51.6 Å². The first kappa shape index (κ1) is 33.1. The van der Waals surface area contributed by atoms with Crippen molar-refractivity contribution in [3.05, 3.63) is 182 Å². The lowest BCUT2D eigenvalue weighted by Crippen LogP contribution is -2.00. The molecule has 0 N–H and O–H groups in total. The molecule has 0 unspecified atom stereocenters. The van der Waals surface area contributed by atoms with Gasteiger partial charge in [0.1, 0.15) is 0 Å². The van der Waals surface area contributed by atoms with Crippen molar-refractivity contribution in [3.63, 3.8) is 0 Å². The molecule has 0 aliphatic heterocycles. The van der Waals surface area contributed by atoms with Crippen LogP contribution in [0.3, 0.4) is 0 Å². The molecule has 4 nitrogen and oxygen atoms in total. The fraction of sp³-hybridized carbons (Fsp3) is 0. The minimum absolute atomic E-state index is 0.642. The van der Waals surface area contributed by atoms with Gasteiger partial charge in [-0.25, -0.2) is 19.9 Å². The van der Waals surface area contributed by atoms with E-state index in [9.17, 15) is 0 Å². The zero-order valence-corrected chi connectivity index (χ0v) is 32.6. The summed E-state index contributed by atoms with van der Waals surface area (Å²) in [6.45, 7) is 0. The first-order valence-corrected chi connectivity index (χ1v) is 20.9. The molecule has 0 saturated heterocycles. The van der Waals surface area contributed by atoms with Gasteiger partial charge in [0.05, 0.1) is 15.9 Å². The highest BCUT2D eigenvalue weighted by Crippen LogP contribution is 2.44. The smallest absolute Gasteiger partial charge is 0.165 e. The average Bonchev–Trinajstić information content (AvgIpc) is 3.87. The second kappa shape index (κ2) is 13.2. The maximum atomic E-state index is 5.44. The van der Waals surface area contributed by atoms with E-state index in [1.54, 1.807) is 11.3 Å². The number of benzene rings is 8. The van der Waals surface area contributed by atoms with Crippen molar-refractivity contribution in [3.8, 4) is 56.5 Å². The normalized spacial score (nSPS) is 11.8. The van der Waals surface area contributed by atoms with Crippen molar-refractivity contribution in [1.82, 2.24) is 19.9 Å². The maximum Gasteiger partial charge on any atom is 0.165 e. The Kier molecular flexibility index (Phi) is 7.55. The minimum Gasteiger partial charge on any atom is -0.246 e. The number of rotatable bonds is 5. The van der Waals surface area contributed by atoms with Crippen molar-refractivity contribution >= 4 is 84.7 Å². The van der Waals surface area contributed by atoms with Gasteiger partial charge < -0.3 is 0 Å². The second-order valence-corrected chi connectivity index (χ2v) is 16.6. The number of thiophene rings is 2. The Bertz CT molecular complexity index is 3570. The zero-order chi connectivity index (χ0) is 38.2. The van der Waals surface area contributed by atoms with Crippen LogP contribution in [-0.4, -0.2) is 19.9 Å². The van der Waals surface area contributed by atoms with Crippen LogP contribution in [0.5, 0.6) is 0 Å². The third-order valence-electron chi connectivity index (χ3n) is 11.2. The van der Waals surface area contributed by atoms with Gasteiger partial charge in [0, 0.05) is 63.3 Å². The third kappa shape index (κ3) is 5.27. The van der Waals surface area contributed by atoms with Crippen LogP contribution in [-0.2, 0) is 0 Å². The molecule has 0 atom stereocenters. The van der Waals surface area contributed by atoms with E-state index < -0.39 is 0 Å². The van der Waals surface area contributed by atoms with E-state index in [1.165, 1.54) is 56.5 Å². The van der Waals surface area contributed by atoms with Gasteiger partial charge in [0.2, 0.25) is 0 Å². The molecule has 0 spiro atoms. The molecule has 0 amide bonds. The highest BCUT2D eigenvalue weighted by atomic mass is 32.1. The number of nitrogens with zero attached hydrogens (tertiary/aromatic N) is 4. The summed E-state index contributed by atoms with van der Waals surface area (Å²) in [6.07, 6.45) is 0. The summed E-state index contributed by atoms with van der Waals surface area (Å²) in [5.74, 6) is 1.96. The van der Waals surface area contributed by atoms with Crippen LogP contribution in [0.2, 0.25) is 0 Å². The van der Waals surface area contributed by atoms with E-state index in [1.807, 2.05) is 29.5 Å². The van der Waals surface area contributed by atoms with Crippen molar-refractivity contribution in [2.75, 3.05) is 0 Å². The van der Waals surface area contributed by atoms with Gasteiger partial charge in [-0.1, -0.05) is 164 Å². The average molecular weight is 775 g/mol. The summed E-state index contributed by atoms with van der Waals surface area (Å²) in [6, 6.07) is 64.3. The van der Waals surface area contributed by atoms with Crippen LogP contribution in [0, 0.1) is 0 Å². The molecule has 0 saturated carbocycles. The van der Waals surface area contributed by atoms with Gasteiger partial charge in [-0.3, -0.25) is 0 Å². The lowest BCUT2D eigenvalue weighted by molar-refractivity contribution is 1.08. The number of hydrogen-bond acceptors (Lipinski definition) is 6. The molecule has 0 radical (unpaired) electrons. The Morgan fingerprint density at radius 2 is 0.776 bits per heavy atom. The van der Waals surface area contributed by atoms with Crippen molar-refractivity contribution < 1.29 is 0 Å². The molecule has 4 aromatic heterocycles. The SMILES string of the molecule is c1ccc(-c2nc(-c3ccc(-c4ccc(-c5nc6c7ccccc7sc6c6ccccc56)c5ccccc45)cc3)nc(-c3cccc4c3sc3ccccc34)n2)cc1. The van der Waals surface area contributed by atoms with Crippen LogP contribution >= 0.6 is 22.7 Å². The Hall–Kier alpha value is -7.12. The lowest BCUT2D eigenvalue weighted by Gasteiger charge is -2.14. The summed E-state index contributed by atoms with van der Waals surface area (Å²) < 4.78 is 4.92. The molecule has 0 bridgehead atoms. The van der Waals surface area contributed by atoms with Gasteiger partial charge >= 0.3 is 0 Å². The molecule has 4 heterocycles. The Morgan fingerprint density at radius 1 is 0.276 bits per heavy atom. The van der Waals surface area contributed by atoms with Gasteiger partial charge in [0.15, 0.2) is 17.5 Å². The van der Waals surface area contributed by atoms with Crippen LogP contribution in [0.15, 0.2) is 182 Å². The molecular weight excluding hydrogens is 745 g/mol. The summed E-state index contributed by atoms with van der Waals surface area (Å²) in [5, 5.41) is 8.43. The first-order chi connectivity index (χ1) is 28.7. The molecule has 8 aromatic carbocycles. The molecule has 12 aromatic rings. The van der Waals surface area contributed by atoms with Gasteiger partial charge in [-0.2, -0.15) is 0 Å². The predicted octanol–water partition coefficient (Wildman–Crippen LogP) is 14.6. The van der Waals surface area contributed by atoms with Crippen molar-refractivity contribution in [2.45, 2.75) is 0 Å². The molecular formula is C52H30N4S2. The summed E-state index contributed by atoms with van der Waals surface area (Å²) in [4.78, 5) is 20.7. The Morgan fingerprint density at radius 3 is 1.53 bits per heavy atom. The van der Waals surface area contributed by atoms with Crippen LogP contribution in [0.1, 0.15) is 0 Å². The maximum absolute atomic E-state index is 5.44. The minimum atomic E-state index is 0.642. The molecule has 270 valence electrons. The second-order valence-electron chi connectivity index (χ2n) is 14.5. The number of hydrogen-bond donors (Lipinski definition) is 0. The quantitative estimate of drug-likeness (QED) is 0.175. The fourth-order valence-electron chi connectivity index (χ4n) is 8.41. The molecule has 0 aliphatic carbocycles. The van der Waals surface area contributed by atoms with E-state index in [2.05, 4.69) is 164 Å². The van der Waals surface area contributed by atoms with Crippen LogP contribution in [0.4, 0.5) is 0 Å². The monoisotopic (exact) mass is 774 g/mol. The van der Waals surface area contributed by atoms with Gasteiger partial charge in [-0.15, -0.1) is 22.7 Å². The molecule has 0 fully saturated rings. The molecule has 0 aliphatic rings. The number of pyridine rings is 1. The van der Waals surface area contributed by atoms with Gasteiger partial charge in [0.25, 0.3) is 0 Å². The van der Waals surface area contributed by atoms with Gasteiger partial charge in [-0.05, 0) is 40.1 Å². The number of fused-ring (bicyclic) bond motifs is 9. The summed E-state index contributed by atoms with van der Waals surface area (Å²) >= 11 is 3.61. The van der Waals surface area contributed by atoms with Crippen LogP contribution in [0.25, 0.3) is 119 Å². The van der Waals surface area contributed by atoms with Crippen molar-refractivity contribution in [2.24, 2.45) is 0 Å². The van der Waals surface area contributed by atoms with E-state index in [4.69, 9.17) is 19.9 Å². The van der Waals surface area contributed by atoms with Crippen molar-refractivity contribution in [1.29, 1.82) is 0 Å². The Balaban J connectivity index is 0.983. The van der Waals surface area contributed by atoms with E-state index in [-0.39, 0.29) is 0 Å². The van der Waals surface area contributed by atoms with E-state index in [0.717, 1.165) is 44.6 Å².